The molecule has 0 aromatic rings. The smallest absolute Gasteiger partial charge is 0.344 e. The fourth-order valence-electron chi connectivity index (χ4n) is 3.26. The maximum Gasteiger partial charge on any atom is 0.344 e. The monoisotopic (exact) mass is 448 g/mol. The molecule has 0 fully saturated rings. The summed E-state index contributed by atoms with van der Waals surface area (Å²) in [5.74, 6) is -0.412. The van der Waals surface area contributed by atoms with Gasteiger partial charge in [0, 0.05) is 0 Å². The maximum atomic E-state index is 13.7. The van der Waals surface area contributed by atoms with Crippen LogP contribution in [0.5, 0.6) is 0 Å². The molecule has 180 valence electrons. The Labute approximate surface area is 186 Å². The second-order valence-corrected chi connectivity index (χ2v) is 10.4. The van der Waals surface area contributed by atoms with E-state index in [2.05, 4.69) is 27.7 Å². The number of ether oxygens (including phenoxy) is 1. The number of esters is 1. The van der Waals surface area contributed by atoms with Crippen molar-refractivity contribution in [3.63, 3.8) is 0 Å². The van der Waals surface area contributed by atoms with Gasteiger partial charge >= 0.3 is 13.6 Å². The number of rotatable bonds is 22. The zero-order valence-corrected chi connectivity index (χ0v) is 21.2. The third-order valence-electron chi connectivity index (χ3n) is 5.27. The Morgan fingerprint density at radius 1 is 0.633 bits per heavy atom. The topological polar surface area (TPSA) is 61.8 Å². The highest BCUT2D eigenvalue weighted by Crippen LogP contribution is 2.55. The van der Waals surface area contributed by atoms with Gasteiger partial charge in [-0.3, -0.25) is 9.36 Å². The Bertz CT molecular complexity index is 423. The summed E-state index contributed by atoms with van der Waals surface area (Å²) in [5, 5.41) is 0. The summed E-state index contributed by atoms with van der Waals surface area (Å²) in [6, 6.07) is 0. The first-order valence-corrected chi connectivity index (χ1v) is 14.2. The molecule has 0 aromatic heterocycles. The van der Waals surface area contributed by atoms with Crippen LogP contribution in [0.4, 0.5) is 0 Å². The Kier molecular flexibility index (Phi) is 20.3. The molecule has 0 aliphatic heterocycles. The van der Waals surface area contributed by atoms with E-state index in [1.165, 1.54) is 0 Å². The van der Waals surface area contributed by atoms with Gasteiger partial charge in [0.05, 0.1) is 19.8 Å². The van der Waals surface area contributed by atoms with Gasteiger partial charge in [-0.25, -0.2) is 0 Å². The third-order valence-corrected chi connectivity index (χ3v) is 7.58. The molecule has 0 aliphatic carbocycles. The summed E-state index contributed by atoms with van der Waals surface area (Å²) < 4.78 is 30.9. The summed E-state index contributed by atoms with van der Waals surface area (Å²) >= 11 is 0. The molecule has 0 bridgehead atoms. The predicted molar refractivity (Wildman–Crippen MR) is 126 cm³/mol. The van der Waals surface area contributed by atoms with Crippen molar-refractivity contribution >= 4 is 13.6 Å². The molecule has 0 saturated carbocycles. The second kappa shape index (κ2) is 20.5. The predicted octanol–water partition coefficient (Wildman–Crippen LogP) is 8.06. The van der Waals surface area contributed by atoms with Gasteiger partial charge in [0.2, 0.25) is 0 Å². The first-order valence-electron chi connectivity index (χ1n) is 12.6. The molecule has 30 heavy (non-hydrogen) atoms. The zero-order chi connectivity index (χ0) is 22.5. The molecule has 0 aliphatic rings. The van der Waals surface area contributed by atoms with Crippen LogP contribution in [-0.2, 0) is 23.1 Å². The van der Waals surface area contributed by atoms with E-state index in [-0.39, 0.29) is 0 Å². The molecule has 1 atom stereocenters. The summed E-state index contributed by atoms with van der Waals surface area (Å²) in [7, 11) is -3.55. The van der Waals surface area contributed by atoms with Crippen LogP contribution in [0.2, 0.25) is 0 Å². The lowest BCUT2D eigenvalue weighted by atomic mass is 10.2. The van der Waals surface area contributed by atoms with Crippen molar-refractivity contribution < 1.29 is 23.1 Å². The van der Waals surface area contributed by atoms with Gasteiger partial charge in [0.25, 0.3) is 0 Å². The van der Waals surface area contributed by atoms with Crippen LogP contribution in [-0.4, -0.2) is 31.4 Å². The van der Waals surface area contributed by atoms with Gasteiger partial charge in [0.15, 0.2) is 5.66 Å². The lowest BCUT2D eigenvalue weighted by Crippen LogP contribution is -2.26. The molecule has 0 radical (unpaired) electrons. The van der Waals surface area contributed by atoms with Gasteiger partial charge in [0.1, 0.15) is 0 Å². The number of carbonyl (C=O) groups excluding carboxylic acids is 1. The van der Waals surface area contributed by atoms with Gasteiger partial charge in [-0.2, -0.15) is 0 Å². The molecule has 0 saturated heterocycles. The fraction of sp³-hybridized carbons (Fsp3) is 0.958. The molecule has 0 heterocycles. The average Bonchev–Trinajstić information content (AvgIpc) is 2.73. The van der Waals surface area contributed by atoms with Crippen LogP contribution in [0.25, 0.3) is 0 Å². The van der Waals surface area contributed by atoms with Crippen molar-refractivity contribution in [2.24, 2.45) is 0 Å². The number of hydrogen-bond donors (Lipinski definition) is 0. The van der Waals surface area contributed by atoms with Crippen molar-refractivity contribution in [3.8, 4) is 0 Å². The molecule has 0 aromatic carbocycles. The largest absolute Gasteiger partial charge is 0.465 e. The van der Waals surface area contributed by atoms with Crippen molar-refractivity contribution in [3.05, 3.63) is 0 Å². The number of hydrogen-bond acceptors (Lipinski definition) is 5. The highest BCUT2D eigenvalue weighted by molar-refractivity contribution is 7.55. The SMILES string of the molecule is CCCCCCOC(=O)[C@H](CCCC)P(=O)(OCCCCCC)OCCCCCC. The van der Waals surface area contributed by atoms with E-state index in [1.54, 1.807) is 0 Å². The van der Waals surface area contributed by atoms with Gasteiger partial charge < -0.3 is 13.8 Å². The van der Waals surface area contributed by atoms with Crippen LogP contribution in [0.3, 0.4) is 0 Å². The van der Waals surface area contributed by atoms with Crippen molar-refractivity contribution in [2.75, 3.05) is 19.8 Å². The third kappa shape index (κ3) is 14.6. The van der Waals surface area contributed by atoms with E-state index < -0.39 is 19.2 Å². The minimum atomic E-state index is -3.55. The summed E-state index contributed by atoms with van der Waals surface area (Å²) in [4.78, 5) is 12.8. The summed E-state index contributed by atoms with van der Waals surface area (Å²) in [6.07, 6.45) is 14.7. The molecule has 0 amide bonds. The molecular formula is C24H49O5P. The zero-order valence-electron chi connectivity index (χ0n) is 20.3. The lowest BCUT2D eigenvalue weighted by molar-refractivity contribution is -0.144. The van der Waals surface area contributed by atoms with Crippen LogP contribution >= 0.6 is 7.60 Å². The molecule has 0 N–H and O–H groups in total. The first kappa shape index (κ1) is 29.6. The molecule has 6 heteroatoms. The normalized spacial score (nSPS) is 12.8. The van der Waals surface area contributed by atoms with Crippen LogP contribution in [0, 0.1) is 0 Å². The molecular weight excluding hydrogens is 399 g/mol. The van der Waals surface area contributed by atoms with E-state index in [0.29, 0.717) is 26.2 Å². The fourth-order valence-corrected chi connectivity index (χ4v) is 5.29. The number of unbranched alkanes of at least 4 members (excludes halogenated alkanes) is 10. The van der Waals surface area contributed by atoms with Crippen molar-refractivity contribution in [2.45, 2.75) is 130 Å². The van der Waals surface area contributed by atoms with Crippen molar-refractivity contribution in [1.29, 1.82) is 0 Å². The standard InChI is InChI=1S/C24H49O5P/c1-5-9-13-16-20-27-24(25)23(19-12-8-4)30(26,28-21-17-14-10-6-2)29-22-18-15-11-7-3/h23H,5-22H2,1-4H3/t23-/m0/s1. The van der Waals surface area contributed by atoms with Crippen LogP contribution in [0.1, 0.15) is 124 Å². The van der Waals surface area contributed by atoms with E-state index in [4.69, 9.17) is 13.8 Å². The quantitative estimate of drug-likeness (QED) is 0.0952. The van der Waals surface area contributed by atoms with Crippen molar-refractivity contribution in [1.82, 2.24) is 0 Å². The lowest BCUT2D eigenvalue weighted by Gasteiger charge is -2.26. The summed E-state index contributed by atoms with van der Waals surface area (Å²) in [6.45, 7) is 9.66. The maximum absolute atomic E-state index is 13.7. The Balaban J connectivity index is 4.99. The minimum Gasteiger partial charge on any atom is -0.465 e. The molecule has 0 unspecified atom stereocenters. The van der Waals surface area contributed by atoms with Gasteiger partial charge in [-0.05, 0) is 25.7 Å². The van der Waals surface area contributed by atoms with E-state index in [0.717, 1.165) is 89.9 Å². The Morgan fingerprint density at radius 3 is 1.50 bits per heavy atom. The molecule has 0 rings (SSSR count). The van der Waals surface area contributed by atoms with E-state index in [1.807, 2.05) is 0 Å². The van der Waals surface area contributed by atoms with Gasteiger partial charge in [-0.1, -0.05) is 98.3 Å². The highest BCUT2D eigenvalue weighted by atomic mass is 31.2. The Hall–Kier alpha value is -0.380. The van der Waals surface area contributed by atoms with Gasteiger partial charge in [-0.15, -0.1) is 0 Å². The Morgan fingerprint density at radius 2 is 1.07 bits per heavy atom. The van der Waals surface area contributed by atoms with E-state index in [9.17, 15) is 9.36 Å². The van der Waals surface area contributed by atoms with Crippen LogP contribution in [0.15, 0.2) is 0 Å². The molecule has 5 nitrogen and oxygen atoms in total. The summed E-state index contributed by atoms with van der Waals surface area (Å²) in [5.41, 5.74) is -0.805. The first-order chi connectivity index (χ1) is 14.6. The van der Waals surface area contributed by atoms with E-state index >= 15 is 0 Å². The minimum absolute atomic E-state index is 0.374. The number of carbonyl (C=O) groups is 1. The molecule has 0 spiro atoms. The van der Waals surface area contributed by atoms with Crippen LogP contribution < -0.4 is 0 Å². The highest BCUT2D eigenvalue weighted by Gasteiger charge is 2.42. The average molecular weight is 449 g/mol. The second-order valence-electron chi connectivity index (χ2n) is 8.21.